The molecule has 1 saturated heterocycles. The van der Waals surface area contributed by atoms with Crippen LogP contribution >= 0.6 is 11.3 Å². The first-order chi connectivity index (χ1) is 9.56. The average molecular weight is 297 g/mol. The summed E-state index contributed by atoms with van der Waals surface area (Å²) < 4.78 is 0. The number of likely N-dealkylation sites (tertiary alicyclic amines) is 1. The van der Waals surface area contributed by atoms with Gasteiger partial charge in [0.25, 0.3) is 0 Å². The molecule has 0 bridgehead atoms. The van der Waals surface area contributed by atoms with Crippen molar-refractivity contribution in [1.29, 1.82) is 0 Å². The smallest absolute Gasteiger partial charge is 0.347 e. The number of nitrogens with zero attached hydrogens (tertiary/aromatic N) is 3. The molecule has 0 aromatic carbocycles. The summed E-state index contributed by atoms with van der Waals surface area (Å²) in [5.41, 5.74) is 0.697. The molecule has 0 saturated carbocycles. The van der Waals surface area contributed by atoms with E-state index in [0.717, 1.165) is 18.2 Å². The highest BCUT2D eigenvalue weighted by Gasteiger charge is 2.26. The molecule has 1 aromatic heterocycles. The second kappa shape index (κ2) is 6.54. The lowest BCUT2D eigenvalue weighted by Gasteiger charge is -2.27. The number of hydrogen-bond donors (Lipinski definition) is 1. The van der Waals surface area contributed by atoms with Crippen LogP contribution in [-0.2, 0) is 6.42 Å². The number of carboxylic acids is 1. The van der Waals surface area contributed by atoms with Crippen LogP contribution in [0.2, 0.25) is 0 Å². The average Bonchev–Trinajstić information content (AvgIpc) is 3.04. The van der Waals surface area contributed by atoms with Gasteiger partial charge in [-0.1, -0.05) is 25.2 Å². The van der Waals surface area contributed by atoms with E-state index in [1.54, 1.807) is 0 Å². The molecule has 2 rings (SSSR count). The quantitative estimate of drug-likeness (QED) is 0.873. The molecule has 5 nitrogen and oxygen atoms in total. The molecule has 0 amide bonds. The van der Waals surface area contributed by atoms with E-state index in [4.69, 9.17) is 0 Å². The largest absolute Gasteiger partial charge is 0.477 e. The second-order valence-electron chi connectivity index (χ2n) is 5.24. The maximum atomic E-state index is 11.2. The van der Waals surface area contributed by atoms with Crippen LogP contribution in [0.3, 0.4) is 0 Å². The van der Waals surface area contributed by atoms with Gasteiger partial charge >= 0.3 is 5.97 Å². The third kappa shape index (κ3) is 3.12. The number of thiazole rings is 1. The fourth-order valence-electron chi connectivity index (χ4n) is 2.82. The molecule has 1 unspecified atom stereocenters. The predicted octanol–water partition coefficient (Wildman–Crippen LogP) is 2.32. The van der Waals surface area contributed by atoms with Crippen LogP contribution in [0, 0.1) is 0 Å². The van der Waals surface area contributed by atoms with Gasteiger partial charge in [0.2, 0.25) is 0 Å². The summed E-state index contributed by atoms with van der Waals surface area (Å²) in [4.78, 5) is 20.7. The van der Waals surface area contributed by atoms with E-state index in [1.807, 2.05) is 14.0 Å². The number of carbonyl (C=O) groups is 1. The molecule has 20 heavy (non-hydrogen) atoms. The molecule has 0 aliphatic carbocycles. The van der Waals surface area contributed by atoms with Gasteiger partial charge in [-0.2, -0.15) is 0 Å². The van der Waals surface area contributed by atoms with Gasteiger partial charge in [-0.25, -0.2) is 9.78 Å². The number of aryl methyl sites for hydroxylation is 1. The fourth-order valence-corrected chi connectivity index (χ4v) is 3.79. The molecule has 1 aliphatic rings. The summed E-state index contributed by atoms with van der Waals surface area (Å²) in [7, 11) is 2.01. The maximum absolute atomic E-state index is 11.2. The predicted molar refractivity (Wildman–Crippen MR) is 82.0 cm³/mol. The number of anilines is 1. The third-order valence-electron chi connectivity index (χ3n) is 3.93. The Morgan fingerprint density at radius 2 is 2.30 bits per heavy atom. The van der Waals surface area contributed by atoms with Crippen LogP contribution in [0.15, 0.2) is 0 Å². The number of likely N-dealkylation sites (N-methyl/N-ethyl adjacent to an activating group) is 2. The molecule has 1 atom stereocenters. The highest BCUT2D eigenvalue weighted by molar-refractivity contribution is 7.17. The minimum Gasteiger partial charge on any atom is -0.477 e. The van der Waals surface area contributed by atoms with Gasteiger partial charge in [-0.05, 0) is 32.4 Å². The second-order valence-corrected chi connectivity index (χ2v) is 6.21. The van der Waals surface area contributed by atoms with Crippen molar-refractivity contribution in [2.45, 2.75) is 39.2 Å². The van der Waals surface area contributed by atoms with Crippen LogP contribution in [0.4, 0.5) is 5.13 Å². The maximum Gasteiger partial charge on any atom is 0.347 e. The summed E-state index contributed by atoms with van der Waals surface area (Å²) >= 11 is 1.29. The van der Waals surface area contributed by atoms with Crippen molar-refractivity contribution in [2.24, 2.45) is 0 Å². The molecule has 0 spiro atoms. The first-order valence-electron chi connectivity index (χ1n) is 7.25. The van der Waals surface area contributed by atoms with Crippen molar-refractivity contribution in [3.8, 4) is 0 Å². The zero-order valence-electron chi connectivity index (χ0n) is 12.4. The lowest BCUT2D eigenvalue weighted by molar-refractivity contribution is 0.0701. The van der Waals surface area contributed by atoms with Crippen LogP contribution in [0.5, 0.6) is 0 Å². The van der Waals surface area contributed by atoms with E-state index in [2.05, 4.69) is 21.7 Å². The fraction of sp³-hybridized carbons (Fsp3) is 0.714. The van der Waals surface area contributed by atoms with Crippen LogP contribution in [-0.4, -0.2) is 53.7 Å². The Morgan fingerprint density at radius 1 is 1.55 bits per heavy atom. The third-order valence-corrected chi connectivity index (χ3v) is 5.13. The summed E-state index contributed by atoms with van der Waals surface area (Å²) in [6.07, 6.45) is 3.14. The molecule has 1 aromatic rings. The Bertz CT molecular complexity index is 475. The first-order valence-corrected chi connectivity index (χ1v) is 8.06. The highest BCUT2D eigenvalue weighted by atomic mass is 32.1. The van der Waals surface area contributed by atoms with Gasteiger partial charge < -0.3 is 10.0 Å². The van der Waals surface area contributed by atoms with E-state index in [0.29, 0.717) is 23.0 Å². The van der Waals surface area contributed by atoms with Gasteiger partial charge in [0, 0.05) is 19.6 Å². The van der Waals surface area contributed by atoms with Gasteiger partial charge in [0.15, 0.2) is 5.13 Å². The number of aromatic nitrogens is 1. The zero-order chi connectivity index (χ0) is 14.7. The first kappa shape index (κ1) is 15.3. The van der Waals surface area contributed by atoms with Gasteiger partial charge in [0.1, 0.15) is 4.88 Å². The van der Waals surface area contributed by atoms with Crippen molar-refractivity contribution in [2.75, 3.05) is 31.6 Å². The Hall–Kier alpha value is -1.14. The van der Waals surface area contributed by atoms with Crippen molar-refractivity contribution in [3.05, 3.63) is 10.6 Å². The summed E-state index contributed by atoms with van der Waals surface area (Å²) in [5, 5.41) is 10.0. The molecule has 112 valence electrons. The van der Waals surface area contributed by atoms with E-state index < -0.39 is 5.97 Å². The van der Waals surface area contributed by atoms with Crippen LogP contribution < -0.4 is 4.90 Å². The van der Waals surface area contributed by atoms with E-state index in [1.165, 1.54) is 30.7 Å². The summed E-state index contributed by atoms with van der Waals surface area (Å²) in [6, 6.07) is 0.562. The zero-order valence-corrected chi connectivity index (χ0v) is 13.2. The molecule has 2 heterocycles. The molecular weight excluding hydrogens is 274 g/mol. The molecule has 6 heteroatoms. The highest BCUT2D eigenvalue weighted by Crippen LogP contribution is 2.27. The SMILES string of the molecule is CCc1nc(N(C)CC2CCCN2CC)sc1C(=O)O. The molecule has 0 radical (unpaired) electrons. The summed E-state index contributed by atoms with van der Waals surface area (Å²) in [6.45, 7) is 7.31. The lowest BCUT2D eigenvalue weighted by Crippen LogP contribution is -2.38. The number of aromatic carboxylic acids is 1. The van der Waals surface area contributed by atoms with E-state index in [-0.39, 0.29) is 0 Å². The van der Waals surface area contributed by atoms with Crippen molar-refractivity contribution in [1.82, 2.24) is 9.88 Å². The van der Waals surface area contributed by atoms with E-state index >= 15 is 0 Å². The summed E-state index contributed by atoms with van der Waals surface area (Å²) in [5.74, 6) is -0.866. The topological polar surface area (TPSA) is 56.7 Å². The standard InChI is InChI=1S/C14H23N3O2S/c1-4-11-12(13(18)19)20-14(15-11)16(3)9-10-7-6-8-17(10)5-2/h10H,4-9H2,1-3H3,(H,18,19). The van der Waals surface area contributed by atoms with Gasteiger partial charge in [-0.15, -0.1) is 0 Å². The Labute approximate surface area is 124 Å². The minimum atomic E-state index is -0.866. The van der Waals surface area contributed by atoms with Gasteiger partial charge in [-0.3, -0.25) is 4.90 Å². The van der Waals surface area contributed by atoms with Crippen LogP contribution in [0.25, 0.3) is 0 Å². The van der Waals surface area contributed by atoms with E-state index in [9.17, 15) is 9.90 Å². The van der Waals surface area contributed by atoms with Crippen molar-refractivity contribution in [3.63, 3.8) is 0 Å². The van der Waals surface area contributed by atoms with Crippen LogP contribution in [0.1, 0.15) is 42.1 Å². The minimum absolute atomic E-state index is 0.383. The number of carboxylic acid groups (broad SMARTS) is 1. The lowest BCUT2D eigenvalue weighted by atomic mass is 10.2. The van der Waals surface area contributed by atoms with Crippen molar-refractivity contribution >= 4 is 22.4 Å². The molecule has 1 aliphatic heterocycles. The molecular formula is C14H23N3O2S. The monoisotopic (exact) mass is 297 g/mol. The molecule has 1 N–H and O–H groups in total. The normalized spacial score (nSPS) is 19.4. The van der Waals surface area contributed by atoms with Gasteiger partial charge in [0.05, 0.1) is 5.69 Å². The molecule has 1 fully saturated rings. The Kier molecular flexibility index (Phi) is 4.99. The van der Waals surface area contributed by atoms with Crippen molar-refractivity contribution < 1.29 is 9.90 Å². The number of rotatable bonds is 6. The Balaban J connectivity index is 2.09. The Morgan fingerprint density at radius 3 is 2.85 bits per heavy atom. The number of hydrogen-bond acceptors (Lipinski definition) is 5.